The van der Waals surface area contributed by atoms with Crippen molar-refractivity contribution in [1.29, 1.82) is 0 Å². The summed E-state index contributed by atoms with van der Waals surface area (Å²) in [5.74, 6) is 1.29. The van der Waals surface area contributed by atoms with Gasteiger partial charge >= 0.3 is 0 Å². The summed E-state index contributed by atoms with van der Waals surface area (Å²) < 4.78 is 43.7. The van der Waals surface area contributed by atoms with Crippen molar-refractivity contribution in [3.8, 4) is 17.2 Å². The molecule has 0 aromatic heterocycles. The molecule has 1 saturated heterocycles. The van der Waals surface area contributed by atoms with E-state index in [1.165, 1.54) is 24.6 Å². The second kappa shape index (κ2) is 9.23. The number of sulfonamides is 1. The van der Waals surface area contributed by atoms with Crippen LogP contribution >= 0.6 is 15.9 Å². The van der Waals surface area contributed by atoms with Crippen LogP contribution in [0.25, 0.3) is 0 Å². The normalized spacial score (nSPS) is 15.0. The molecule has 0 bridgehead atoms. The van der Waals surface area contributed by atoms with Crippen LogP contribution in [0.15, 0.2) is 45.8 Å². The summed E-state index contributed by atoms with van der Waals surface area (Å²) in [6, 6.07) is 9.85. The van der Waals surface area contributed by atoms with Crippen molar-refractivity contribution in [3.05, 3.63) is 46.4 Å². The number of piperazine rings is 1. The van der Waals surface area contributed by atoms with Crippen molar-refractivity contribution in [2.45, 2.75) is 4.90 Å². The van der Waals surface area contributed by atoms with Crippen LogP contribution in [0.1, 0.15) is 10.4 Å². The van der Waals surface area contributed by atoms with Gasteiger partial charge in [0.1, 0.15) is 10.6 Å². The summed E-state index contributed by atoms with van der Waals surface area (Å²) in [5.41, 5.74) is 0.537. The molecule has 3 rings (SSSR count). The maximum Gasteiger partial charge on any atom is 0.253 e. The largest absolute Gasteiger partial charge is 0.497 e. The van der Waals surface area contributed by atoms with E-state index in [-0.39, 0.29) is 23.9 Å². The van der Waals surface area contributed by atoms with Gasteiger partial charge in [0, 0.05) is 42.3 Å². The molecule has 0 aliphatic carbocycles. The molecule has 1 fully saturated rings. The summed E-state index contributed by atoms with van der Waals surface area (Å²) in [6.07, 6.45) is 0. The zero-order valence-corrected chi connectivity index (χ0v) is 19.3. The van der Waals surface area contributed by atoms with E-state index >= 15 is 0 Å². The van der Waals surface area contributed by atoms with Gasteiger partial charge in [-0.2, -0.15) is 4.31 Å². The van der Waals surface area contributed by atoms with Gasteiger partial charge in [0.05, 0.1) is 21.3 Å². The molecule has 0 atom stereocenters. The first-order chi connectivity index (χ1) is 14.3. The molecule has 0 radical (unpaired) electrons. The number of carbonyl (C=O) groups is 1. The average molecular weight is 499 g/mol. The van der Waals surface area contributed by atoms with Crippen LogP contribution in [0.3, 0.4) is 0 Å². The number of nitrogens with zero attached hydrogens (tertiary/aromatic N) is 2. The summed E-state index contributed by atoms with van der Waals surface area (Å²) in [5, 5.41) is 0. The summed E-state index contributed by atoms with van der Waals surface area (Å²) in [6.45, 7) is 1.00. The van der Waals surface area contributed by atoms with E-state index in [0.29, 0.717) is 40.4 Å². The van der Waals surface area contributed by atoms with E-state index < -0.39 is 10.0 Å². The van der Waals surface area contributed by atoms with Crippen molar-refractivity contribution >= 4 is 31.9 Å². The summed E-state index contributed by atoms with van der Waals surface area (Å²) >= 11 is 3.31. The van der Waals surface area contributed by atoms with Gasteiger partial charge in [0.25, 0.3) is 5.91 Å². The molecule has 30 heavy (non-hydrogen) atoms. The Morgan fingerprint density at radius 3 is 2.00 bits per heavy atom. The van der Waals surface area contributed by atoms with Crippen molar-refractivity contribution < 1.29 is 27.4 Å². The minimum absolute atomic E-state index is 0.0927. The Kier molecular flexibility index (Phi) is 6.89. The minimum Gasteiger partial charge on any atom is -0.497 e. The van der Waals surface area contributed by atoms with Gasteiger partial charge in [0.2, 0.25) is 10.0 Å². The second-order valence-corrected chi connectivity index (χ2v) is 9.32. The first-order valence-corrected chi connectivity index (χ1v) is 11.4. The molecule has 0 N–H and O–H groups in total. The lowest BCUT2D eigenvalue weighted by Crippen LogP contribution is -2.50. The minimum atomic E-state index is -3.78. The van der Waals surface area contributed by atoms with E-state index in [9.17, 15) is 13.2 Å². The first-order valence-electron chi connectivity index (χ1n) is 9.16. The maximum absolute atomic E-state index is 13.2. The quantitative estimate of drug-likeness (QED) is 0.608. The van der Waals surface area contributed by atoms with Gasteiger partial charge in [-0.05, 0) is 46.3 Å². The van der Waals surface area contributed by atoms with Gasteiger partial charge in [-0.3, -0.25) is 4.79 Å². The highest BCUT2D eigenvalue weighted by atomic mass is 79.9. The Labute approximate surface area is 184 Å². The highest BCUT2D eigenvalue weighted by Gasteiger charge is 2.32. The van der Waals surface area contributed by atoms with Crippen LogP contribution in [0.5, 0.6) is 17.2 Å². The highest BCUT2D eigenvalue weighted by molar-refractivity contribution is 9.10. The summed E-state index contributed by atoms with van der Waals surface area (Å²) in [7, 11) is 0.720. The lowest BCUT2D eigenvalue weighted by molar-refractivity contribution is 0.0698. The molecule has 0 saturated carbocycles. The maximum atomic E-state index is 13.2. The third-order valence-electron chi connectivity index (χ3n) is 4.92. The molecule has 2 aromatic rings. The fourth-order valence-corrected chi connectivity index (χ4v) is 5.64. The van der Waals surface area contributed by atoms with Crippen LogP contribution in [0.2, 0.25) is 0 Å². The van der Waals surface area contributed by atoms with Gasteiger partial charge in [-0.15, -0.1) is 0 Å². The zero-order chi connectivity index (χ0) is 21.9. The molecule has 1 aliphatic rings. The van der Waals surface area contributed by atoms with Crippen molar-refractivity contribution in [3.63, 3.8) is 0 Å². The molecular formula is C20H23BrN2O6S. The SMILES string of the molecule is COc1ccc(C(=O)N2CCN(S(=O)(=O)c3cc(OC)c(OC)cc3Br)CC2)cc1. The van der Waals surface area contributed by atoms with Crippen LogP contribution in [0.4, 0.5) is 0 Å². The lowest BCUT2D eigenvalue weighted by Gasteiger charge is -2.34. The number of amides is 1. The number of rotatable bonds is 6. The first kappa shape index (κ1) is 22.4. The Morgan fingerprint density at radius 1 is 0.900 bits per heavy atom. The number of benzene rings is 2. The number of halogens is 1. The Hall–Kier alpha value is -2.30. The van der Waals surface area contributed by atoms with Crippen molar-refractivity contribution in [2.24, 2.45) is 0 Å². The van der Waals surface area contributed by atoms with E-state index in [1.807, 2.05) is 0 Å². The third kappa shape index (κ3) is 4.40. The van der Waals surface area contributed by atoms with Crippen molar-refractivity contribution in [1.82, 2.24) is 9.21 Å². The predicted octanol–water partition coefficient (Wildman–Crippen LogP) is 2.62. The molecule has 162 valence electrons. The van der Waals surface area contributed by atoms with Gasteiger partial charge in [-0.25, -0.2) is 8.42 Å². The molecule has 2 aromatic carbocycles. The molecule has 1 aliphatic heterocycles. The van der Waals surface area contributed by atoms with E-state index in [2.05, 4.69) is 15.9 Å². The second-order valence-electron chi connectivity index (χ2n) is 6.56. The van der Waals surface area contributed by atoms with Crippen molar-refractivity contribution in [2.75, 3.05) is 47.5 Å². The lowest BCUT2D eigenvalue weighted by atomic mass is 10.2. The van der Waals surface area contributed by atoms with Gasteiger partial charge < -0.3 is 19.1 Å². The molecule has 0 unspecified atom stereocenters. The standard InChI is InChI=1S/C20H23BrN2O6S/c1-27-15-6-4-14(5-7-15)20(24)22-8-10-23(11-9-22)30(25,26)19-13-18(29-3)17(28-2)12-16(19)21/h4-7,12-13H,8-11H2,1-3H3. The van der Waals surface area contributed by atoms with Gasteiger partial charge in [0.15, 0.2) is 11.5 Å². The fourth-order valence-electron chi connectivity index (χ4n) is 3.22. The van der Waals surface area contributed by atoms with Crippen LogP contribution in [-0.4, -0.2) is 71.0 Å². The fraction of sp³-hybridized carbons (Fsp3) is 0.350. The van der Waals surface area contributed by atoms with E-state index in [1.54, 1.807) is 42.3 Å². The summed E-state index contributed by atoms with van der Waals surface area (Å²) in [4.78, 5) is 14.5. The van der Waals surface area contributed by atoms with E-state index in [0.717, 1.165) is 0 Å². The number of carbonyl (C=O) groups excluding carboxylic acids is 1. The number of ether oxygens (including phenoxy) is 3. The topological polar surface area (TPSA) is 85.4 Å². The Bertz CT molecular complexity index is 1020. The monoisotopic (exact) mass is 498 g/mol. The smallest absolute Gasteiger partial charge is 0.253 e. The number of hydrogen-bond acceptors (Lipinski definition) is 6. The van der Waals surface area contributed by atoms with Crippen LogP contribution < -0.4 is 14.2 Å². The third-order valence-corrected chi connectivity index (χ3v) is 7.78. The number of hydrogen-bond donors (Lipinski definition) is 0. The molecule has 10 heteroatoms. The molecule has 8 nitrogen and oxygen atoms in total. The van der Waals surface area contributed by atoms with Gasteiger partial charge in [-0.1, -0.05) is 0 Å². The molecule has 0 spiro atoms. The Morgan fingerprint density at radius 2 is 1.47 bits per heavy atom. The Balaban J connectivity index is 1.74. The zero-order valence-electron chi connectivity index (χ0n) is 16.9. The molecular weight excluding hydrogens is 476 g/mol. The van der Waals surface area contributed by atoms with Crippen LogP contribution in [-0.2, 0) is 10.0 Å². The molecule has 1 amide bonds. The number of methoxy groups -OCH3 is 3. The predicted molar refractivity (Wildman–Crippen MR) is 115 cm³/mol. The molecule has 1 heterocycles. The van der Waals surface area contributed by atoms with E-state index in [4.69, 9.17) is 14.2 Å². The van der Waals surface area contributed by atoms with Crippen LogP contribution in [0, 0.1) is 0 Å². The average Bonchev–Trinajstić information content (AvgIpc) is 2.78. The highest BCUT2D eigenvalue weighted by Crippen LogP contribution is 2.36.